The number of rotatable bonds is 8. The molecule has 122 valence electrons. The van der Waals surface area contributed by atoms with Gasteiger partial charge in [0.15, 0.2) is 0 Å². The Morgan fingerprint density at radius 3 is 2.26 bits per heavy atom. The summed E-state index contributed by atoms with van der Waals surface area (Å²) in [4.78, 5) is 13.6. The quantitative estimate of drug-likeness (QED) is 0.805. The summed E-state index contributed by atoms with van der Waals surface area (Å²) >= 11 is 0. The zero-order chi connectivity index (χ0) is 16.7. The number of para-hydroxylation sites is 2. The predicted octanol–water partition coefficient (Wildman–Crippen LogP) is 3.82. The molecule has 1 atom stereocenters. The van der Waals surface area contributed by atoms with Crippen molar-refractivity contribution >= 4 is 5.97 Å². The molecule has 0 unspecified atom stereocenters. The second-order valence-electron chi connectivity index (χ2n) is 5.30. The SMILES string of the molecule is CCN(CC)[C@H](Cc1ccccc1Oc1ccccc1)C(=O)O. The fourth-order valence-electron chi connectivity index (χ4n) is 2.63. The van der Waals surface area contributed by atoms with Crippen LogP contribution in [-0.4, -0.2) is 35.1 Å². The van der Waals surface area contributed by atoms with Crippen LogP contribution in [-0.2, 0) is 11.2 Å². The summed E-state index contributed by atoms with van der Waals surface area (Å²) in [7, 11) is 0. The Hall–Kier alpha value is -2.33. The van der Waals surface area contributed by atoms with Crippen molar-refractivity contribution in [3.05, 3.63) is 60.2 Å². The summed E-state index contributed by atoms with van der Waals surface area (Å²) < 4.78 is 5.93. The van der Waals surface area contributed by atoms with Crippen LogP contribution in [0.15, 0.2) is 54.6 Å². The average molecular weight is 313 g/mol. The molecule has 0 aliphatic rings. The van der Waals surface area contributed by atoms with Crippen molar-refractivity contribution in [2.24, 2.45) is 0 Å². The van der Waals surface area contributed by atoms with Gasteiger partial charge in [-0.2, -0.15) is 0 Å². The smallest absolute Gasteiger partial charge is 0.321 e. The minimum atomic E-state index is -0.803. The molecule has 2 rings (SSSR count). The molecule has 0 saturated carbocycles. The van der Waals surface area contributed by atoms with Gasteiger partial charge in [0.1, 0.15) is 17.5 Å². The number of aliphatic carboxylic acids is 1. The number of hydrogen-bond acceptors (Lipinski definition) is 3. The van der Waals surface area contributed by atoms with Gasteiger partial charge in [-0.1, -0.05) is 50.2 Å². The van der Waals surface area contributed by atoms with E-state index < -0.39 is 12.0 Å². The maximum atomic E-state index is 11.7. The van der Waals surface area contributed by atoms with Crippen molar-refractivity contribution in [1.82, 2.24) is 4.90 Å². The molecule has 2 aromatic rings. The summed E-state index contributed by atoms with van der Waals surface area (Å²) in [6.07, 6.45) is 0.417. The summed E-state index contributed by atoms with van der Waals surface area (Å²) in [6, 6.07) is 16.6. The fourth-order valence-corrected chi connectivity index (χ4v) is 2.63. The third-order valence-corrected chi connectivity index (χ3v) is 3.90. The highest BCUT2D eigenvalue weighted by Gasteiger charge is 2.24. The number of hydrogen-bond donors (Lipinski definition) is 1. The molecule has 0 aliphatic carbocycles. The van der Waals surface area contributed by atoms with Crippen LogP contribution in [0.25, 0.3) is 0 Å². The number of carboxylic acid groups (broad SMARTS) is 1. The Morgan fingerprint density at radius 2 is 1.65 bits per heavy atom. The van der Waals surface area contributed by atoms with Gasteiger partial charge >= 0.3 is 5.97 Å². The van der Waals surface area contributed by atoms with Gasteiger partial charge in [-0.25, -0.2) is 0 Å². The molecular weight excluding hydrogens is 290 g/mol. The topological polar surface area (TPSA) is 49.8 Å². The van der Waals surface area contributed by atoms with Crippen LogP contribution in [0.2, 0.25) is 0 Å². The first-order chi connectivity index (χ1) is 11.2. The van der Waals surface area contributed by atoms with Gasteiger partial charge in [-0.05, 0) is 36.9 Å². The van der Waals surface area contributed by atoms with Crippen molar-refractivity contribution in [2.75, 3.05) is 13.1 Å². The van der Waals surface area contributed by atoms with Crippen molar-refractivity contribution in [3.8, 4) is 11.5 Å². The Kier molecular flexibility index (Phi) is 6.18. The van der Waals surface area contributed by atoms with Crippen molar-refractivity contribution < 1.29 is 14.6 Å². The van der Waals surface area contributed by atoms with E-state index in [-0.39, 0.29) is 0 Å². The monoisotopic (exact) mass is 313 g/mol. The highest BCUT2D eigenvalue weighted by Crippen LogP contribution is 2.26. The Balaban J connectivity index is 2.23. The van der Waals surface area contributed by atoms with E-state index in [4.69, 9.17) is 4.74 Å². The average Bonchev–Trinajstić information content (AvgIpc) is 2.57. The first kappa shape index (κ1) is 17.0. The highest BCUT2D eigenvalue weighted by molar-refractivity contribution is 5.74. The van der Waals surface area contributed by atoms with E-state index in [0.717, 1.165) is 11.3 Å². The van der Waals surface area contributed by atoms with Crippen LogP contribution >= 0.6 is 0 Å². The number of carbonyl (C=O) groups is 1. The molecule has 0 aliphatic heterocycles. The first-order valence-corrected chi connectivity index (χ1v) is 7.93. The zero-order valence-electron chi connectivity index (χ0n) is 13.6. The summed E-state index contributed by atoms with van der Waals surface area (Å²) in [5, 5.41) is 9.57. The molecule has 0 spiro atoms. The van der Waals surface area contributed by atoms with Gasteiger partial charge in [0, 0.05) is 6.42 Å². The highest BCUT2D eigenvalue weighted by atomic mass is 16.5. The standard InChI is InChI=1S/C19H23NO3/c1-3-20(4-2)17(19(21)22)14-15-10-8-9-13-18(15)23-16-11-6-5-7-12-16/h5-13,17H,3-4,14H2,1-2H3,(H,21,22)/t17-/m1/s1. The van der Waals surface area contributed by atoms with E-state index in [1.807, 2.05) is 73.3 Å². The zero-order valence-corrected chi connectivity index (χ0v) is 13.6. The molecule has 0 bridgehead atoms. The molecule has 4 heteroatoms. The first-order valence-electron chi connectivity index (χ1n) is 7.93. The van der Waals surface area contributed by atoms with Crippen molar-refractivity contribution in [1.29, 1.82) is 0 Å². The molecule has 0 amide bonds. The van der Waals surface area contributed by atoms with Crippen LogP contribution in [0, 0.1) is 0 Å². The Morgan fingerprint density at radius 1 is 1.04 bits per heavy atom. The Bertz CT molecular complexity index is 624. The van der Waals surface area contributed by atoms with Crippen LogP contribution in [0.4, 0.5) is 0 Å². The number of ether oxygens (including phenoxy) is 1. The van der Waals surface area contributed by atoms with Crippen LogP contribution in [0.3, 0.4) is 0 Å². The van der Waals surface area contributed by atoms with E-state index in [1.165, 1.54) is 0 Å². The lowest BCUT2D eigenvalue weighted by molar-refractivity contribution is -0.143. The van der Waals surface area contributed by atoms with Crippen LogP contribution < -0.4 is 4.74 Å². The minimum absolute atomic E-state index is 0.417. The van der Waals surface area contributed by atoms with Gasteiger partial charge in [0.25, 0.3) is 0 Å². The van der Waals surface area contributed by atoms with Crippen LogP contribution in [0.5, 0.6) is 11.5 Å². The van der Waals surface area contributed by atoms with E-state index in [0.29, 0.717) is 25.3 Å². The van der Waals surface area contributed by atoms with Crippen molar-refractivity contribution in [3.63, 3.8) is 0 Å². The van der Waals surface area contributed by atoms with E-state index in [2.05, 4.69) is 0 Å². The summed E-state index contributed by atoms with van der Waals surface area (Å²) in [5.74, 6) is 0.648. The lowest BCUT2D eigenvalue weighted by atomic mass is 10.0. The largest absolute Gasteiger partial charge is 0.480 e. The normalized spacial score (nSPS) is 12.1. The molecular formula is C19H23NO3. The lowest BCUT2D eigenvalue weighted by Gasteiger charge is -2.26. The molecule has 23 heavy (non-hydrogen) atoms. The van der Waals surface area contributed by atoms with Gasteiger partial charge in [0.2, 0.25) is 0 Å². The number of benzene rings is 2. The third kappa shape index (κ3) is 4.57. The number of likely N-dealkylation sites (N-methyl/N-ethyl adjacent to an activating group) is 1. The van der Waals surface area contributed by atoms with E-state index >= 15 is 0 Å². The number of nitrogens with zero attached hydrogens (tertiary/aromatic N) is 1. The molecule has 0 saturated heterocycles. The molecule has 0 aromatic heterocycles. The molecule has 4 nitrogen and oxygen atoms in total. The van der Waals surface area contributed by atoms with Gasteiger partial charge in [-0.15, -0.1) is 0 Å². The predicted molar refractivity (Wildman–Crippen MR) is 91.0 cm³/mol. The van der Waals surface area contributed by atoms with Gasteiger partial charge in [0.05, 0.1) is 0 Å². The fraction of sp³-hybridized carbons (Fsp3) is 0.316. The second kappa shape index (κ2) is 8.34. The number of carboxylic acids is 1. The summed E-state index contributed by atoms with van der Waals surface area (Å²) in [5.41, 5.74) is 0.899. The maximum Gasteiger partial charge on any atom is 0.321 e. The molecule has 0 radical (unpaired) electrons. The maximum absolute atomic E-state index is 11.7. The van der Waals surface area contributed by atoms with Crippen molar-refractivity contribution in [2.45, 2.75) is 26.3 Å². The lowest BCUT2D eigenvalue weighted by Crippen LogP contribution is -2.42. The van der Waals surface area contributed by atoms with Crippen LogP contribution in [0.1, 0.15) is 19.4 Å². The minimum Gasteiger partial charge on any atom is -0.480 e. The molecule has 0 fully saturated rings. The molecule has 0 heterocycles. The summed E-state index contributed by atoms with van der Waals surface area (Å²) in [6.45, 7) is 5.36. The van der Waals surface area contributed by atoms with E-state index in [9.17, 15) is 9.90 Å². The third-order valence-electron chi connectivity index (χ3n) is 3.90. The van der Waals surface area contributed by atoms with Gasteiger partial charge in [-0.3, -0.25) is 9.69 Å². The second-order valence-corrected chi connectivity index (χ2v) is 5.30. The Labute approximate surface area is 137 Å². The van der Waals surface area contributed by atoms with E-state index in [1.54, 1.807) is 0 Å². The molecule has 2 aromatic carbocycles. The van der Waals surface area contributed by atoms with Gasteiger partial charge < -0.3 is 9.84 Å². The molecule has 1 N–H and O–H groups in total.